The van der Waals surface area contributed by atoms with Gasteiger partial charge in [-0.05, 0) is 30.3 Å². The van der Waals surface area contributed by atoms with Gasteiger partial charge in [-0.2, -0.15) is 0 Å². The second-order valence-electron chi connectivity index (χ2n) is 6.31. The maximum absolute atomic E-state index is 14.0. The monoisotopic (exact) mass is 441 g/mol. The smallest absolute Gasteiger partial charge is 0.257 e. The number of benzene rings is 2. The normalized spacial score (nSPS) is 16.3. The number of hydrogen-bond acceptors (Lipinski definition) is 3. The fraction of sp³-hybridized carbons (Fsp3) is 0.211. The molecule has 0 saturated carbocycles. The van der Waals surface area contributed by atoms with Crippen LogP contribution in [0.2, 0.25) is 10.0 Å². The van der Waals surface area contributed by atoms with E-state index in [2.05, 4.69) is 10.6 Å². The Hall–Kier alpha value is -2.71. The molecule has 0 radical (unpaired) electrons. The summed E-state index contributed by atoms with van der Waals surface area (Å²) in [4.78, 5) is 38.6. The molecule has 152 valence electrons. The zero-order chi connectivity index (χ0) is 21.1. The third-order valence-electron chi connectivity index (χ3n) is 4.33. The molecule has 1 fully saturated rings. The standard InChI is InChI=1S/C19H15Cl2F2N3O3/c20-10-1-4-13(21)15(7-10)25-17(27)9-16-18(28)24-5-6-26(16)19(29)12-3-2-11(22)8-14(12)23/h1-4,7-8,16H,5-6,9H2,(H,24,28)(H,25,27)/t16-/m1/s1. The third kappa shape index (κ3) is 4.83. The van der Waals surface area contributed by atoms with Crippen LogP contribution >= 0.6 is 23.2 Å². The van der Waals surface area contributed by atoms with Gasteiger partial charge < -0.3 is 15.5 Å². The molecule has 1 saturated heterocycles. The Labute approximate surface area is 174 Å². The highest BCUT2D eigenvalue weighted by molar-refractivity contribution is 6.35. The number of halogens is 4. The first-order chi connectivity index (χ1) is 13.8. The van der Waals surface area contributed by atoms with E-state index in [-0.39, 0.29) is 35.8 Å². The molecule has 1 aliphatic rings. The average molecular weight is 442 g/mol. The summed E-state index contributed by atoms with van der Waals surface area (Å²) in [6.45, 7) is 0.211. The summed E-state index contributed by atoms with van der Waals surface area (Å²) in [6, 6.07) is 5.86. The van der Waals surface area contributed by atoms with Crippen LogP contribution in [-0.2, 0) is 9.59 Å². The fourth-order valence-electron chi connectivity index (χ4n) is 2.95. The Balaban J connectivity index is 1.79. The van der Waals surface area contributed by atoms with Gasteiger partial charge in [0.15, 0.2) is 0 Å². The molecular weight excluding hydrogens is 427 g/mol. The van der Waals surface area contributed by atoms with E-state index in [9.17, 15) is 23.2 Å². The SMILES string of the molecule is O=C(C[C@@H]1C(=O)NCCN1C(=O)c1ccc(F)cc1F)Nc1cc(Cl)ccc1Cl. The van der Waals surface area contributed by atoms with Crippen LogP contribution < -0.4 is 10.6 Å². The minimum absolute atomic E-state index is 0.0667. The van der Waals surface area contributed by atoms with E-state index in [4.69, 9.17) is 23.2 Å². The highest BCUT2D eigenvalue weighted by Gasteiger charge is 2.36. The highest BCUT2D eigenvalue weighted by atomic mass is 35.5. The largest absolute Gasteiger partial charge is 0.353 e. The van der Waals surface area contributed by atoms with Crippen LogP contribution in [0.4, 0.5) is 14.5 Å². The van der Waals surface area contributed by atoms with Gasteiger partial charge in [-0.3, -0.25) is 14.4 Å². The van der Waals surface area contributed by atoms with E-state index in [0.29, 0.717) is 11.1 Å². The van der Waals surface area contributed by atoms with Crippen LogP contribution in [0.15, 0.2) is 36.4 Å². The lowest BCUT2D eigenvalue weighted by Crippen LogP contribution is -2.58. The van der Waals surface area contributed by atoms with E-state index in [1.165, 1.54) is 12.1 Å². The maximum atomic E-state index is 14.0. The summed E-state index contributed by atoms with van der Waals surface area (Å²) in [5, 5.41) is 5.71. The van der Waals surface area contributed by atoms with Crippen molar-refractivity contribution in [2.75, 3.05) is 18.4 Å². The number of carbonyl (C=O) groups is 3. The predicted molar refractivity (Wildman–Crippen MR) is 104 cm³/mol. The van der Waals surface area contributed by atoms with Gasteiger partial charge in [0.25, 0.3) is 5.91 Å². The zero-order valence-corrected chi connectivity index (χ0v) is 16.4. The highest BCUT2D eigenvalue weighted by Crippen LogP contribution is 2.26. The molecule has 3 amide bonds. The molecule has 3 rings (SSSR count). The minimum Gasteiger partial charge on any atom is -0.353 e. The van der Waals surface area contributed by atoms with Crippen LogP contribution in [-0.4, -0.2) is 41.8 Å². The van der Waals surface area contributed by atoms with Gasteiger partial charge in [0.1, 0.15) is 17.7 Å². The number of nitrogens with zero attached hydrogens (tertiary/aromatic N) is 1. The van der Waals surface area contributed by atoms with Gasteiger partial charge in [0, 0.05) is 24.2 Å². The number of carbonyl (C=O) groups excluding carboxylic acids is 3. The Morgan fingerprint density at radius 3 is 2.66 bits per heavy atom. The minimum atomic E-state index is -1.17. The summed E-state index contributed by atoms with van der Waals surface area (Å²) in [5.74, 6) is -3.83. The quantitative estimate of drug-likeness (QED) is 0.764. The fourth-order valence-corrected chi connectivity index (χ4v) is 3.29. The van der Waals surface area contributed by atoms with Crippen LogP contribution in [0.25, 0.3) is 0 Å². The van der Waals surface area contributed by atoms with Crippen LogP contribution in [0.3, 0.4) is 0 Å². The molecule has 29 heavy (non-hydrogen) atoms. The number of rotatable bonds is 4. The van der Waals surface area contributed by atoms with Gasteiger partial charge in [0.2, 0.25) is 11.8 Å². The van der Waals surface area contributed by atoms with Crippen molar-refractivity contribution >= 4 is 46.6 Å². The first kappa shape index (κ1) is 21.0. The van der Waals surface area contributed by atoms with Crippen molar-refractivity contribution in [2.24, 2.45) is 0 Å². The van der Waals surface area contributed by atoms with Crippen LogP contribution in [0.5, 0.6) is 0 Å². The zero-order valence-electron chi connectivity index (χ0n) is 14.8. The molecule has 1 atom stereocenters. The second kappa shape index (κ2) is 8.75. The van der Waals surface area contributed by atoms with E-state index >= 15 is 0 Å². The number of hydrogen-bond donors (Lipinski definition) is 2. The molecular formula is C19H15Cl2F2N3O3. The first-order valence-corrected chi connectivity index (χ1v) is 9.30. The summed E-state index contributed by atoms with van der Waals surface area (Å²) >= 11 is 11.9. The van der Waals surface area contributed by atoms with Crippen molar-refractivity contribution in [3.8, 4) is 0 Å². The van der Waals surface area contributed by atoms with Gasteiger partial charge in [-0.15, -0.1) is 0 Å². The number of nitrogens with one attached hydrogen (secondary N) is 2. The van der Waals surface area contributed by atoms with Crippen molar-refractivity contribution in [1.82, 2.24) is 10.2 Å². The Morgan fingerprint density at radius 2 is 1.93 bits per heavy atom. The molecule has 2 aromatic rings. The number of amides is 3. The Kier molecular flexibility index (Phi) is 6.34. The predicted octanol–water partition coefficient (Wildman–Crippen LogP) is 3.24. The van der Waals surface area contributed by atoms with Crippen molar-refractivity contribution in [1.29, 1.82) is 0 Å². The summed E-state index contributed by atoms with van der Waals surface area (Å²) in [6.07, 6.45) is -0.386. The average Bonchev–Trinajstić information content (AvgIpc) is 2.66. The summed E-state index contributed by atoms with van der Waals surface area (Å²) in [7, 11) is 0. The van der Waals surface area contributed by atoms with Gasteiger partial charge in [0.05, 0.1) is 22.7 Å². The summed E-state index contributed by atoms with van der Waals surface area (Å²) in [5.41, 5.74) is -0.132. The first-order valence-electron chi connectivity index (χ1n) is 8.55. The lowest BCUT2D eigenvalue weighted by molar-refractivity contribution is -0.131. The van der Waals surface area contributed by atoms with Gasteiger partial charge in [-0.1, -0.05) is 23.2 Å². The molecule has 0 aromatic heterocycles. The van der Waals surface area contributed by atoms with E-state index in [1.54, 1.807) is 6.07 Å². The van der Waals surface area contributed by atoms with Crippen molar-refractivity contribution in [2.45, 2.75) is 12.5 Å². The van der Waals surface area contributed by atoms with Gasteiger partial charge >= 0.3 is 0 Å². The topological polar surface area (TPSA) is 78.5 Å². The molecule has 1 heterocycles. The maximum Gasteiger partial charge on any atom is 0.257 e. The van der Waals surface area contributed by atoms with Crippen LogP contribution in [0.1, 0.15) is 16.8 Å². The third-order valence-corrected chi connectivity index (χ3v) is 4.90. The van der Waals surface area contributed by atoms with Crippen molar-refractivity contribution in [3.05, 3.63) is 63.6 Å². The molecule has 0 aliphatic carbocycles. The Morgan fingerprint density at radius 1 is 1.17 bits per heavy atom. The lowest BCUT2D eigenvalue weighted by Gasteiger charge is -2.34. The molecule has 2 aromatic carbocycles. The molecule has 6 nitrogen and oxygen atoms in total. The Bertz CT molecular complexity index is 987. The van der Waals surface area contributed by atoms with Crippen molar-refractivity contribution in [3.63, 3.8) is 0 Å². The molecule has 10 heteroatoms. The lowest BCUT2D eigenvalue weighted by atomic mass is 10.1. The van der Waals surface area contributed by atoms with E-state index in [0.717, 1.165) is 17.0 Å². The number of piperazine rings is 1. The summed E-state index contributed by atoms with van der Waals surface area (Å²) < 4.78 is 27.1. The molecule has 1 aliphatic heterocycles. The molecule has 0 spiro atoms. The van der Waals surface area contributed by atoms with Gasteiger partial charge in [-0.25, -0.2) is 8.78 Å². The second-order valence-corrected chi connectivity index (χ2v) is 7.15. The van der Waals surface area contributed by atoms with E-state index < -0.39 is 35.4 Å². The van der Waals surface area contributed by atoms with E-state index in [1.807, 2.05) is 0 Å². The van der Waals surface area contributed by atoms with Crippen LogP contribution in [0, 0.1) is 11.6 Å². The molecule has 0 unspecified atom stereocenters. The molecule has 2 N–H and O–H groups in total. The van der Waals surface area contributed by atoms with Crippen molar-refractivity contribution < 1.29 is 23.2 Å². The molecule has 0 bridgehead atoms. The number of anilines is 1.